The number of benzene rings is 7. The first-order valence-electron chi connectivity index (χ1n) is 15.8. The third-order valence-electron chi connectivity index (χ3n) is 9.54. The molecule has 0 unspecified atom stereocenters. The van der Waals surface area contributed by atoms with Gasteiger partial charge in [-0.15, -0.1) is 11.3 Å². The monoisotopic (exact) mass is 615 g/mol. The first-order chi connectivity index (χ1) is 23.3. The Morgan fingerprint density at radius 2 is 0.936 bits per heavy atom. The summed E-state index contributed by atoms with van der Waals surface area (Å²) in [6, 6.07) is 56.6. The van der Waals surface area contributed by atoms with Crippen molar-refractivity contribution in [1.82, 2.24) is 9.13 Å². The summed E-state index contributed by atoms with van der Waals surface area (Å²) in [4.78, 5) is 0. The Balaban J connectivity index is 1.18. The van der Waals surface area contributed by atoms with Gasteiger partial charge in [0.2, 0.25) is 0 Å². The van der Waals surface area contributed by atoms with Gasteiger partial charge in [-0.3, -0.25) is 0 Å². The van der Waals surface area contributed by atoms with Crippen molar-refractivity contribution >= 4 is 75.1 Å². The summed E-state index contributed by atoms with van der Waals surface area (Å²) in [5.41, 5.74) is 10.1. The molecule has 0 fully saturated rings. The predicted octanol–water partition coefficient (Wildman–Crippen LogP) is 11.8. The lowest BCUT2D eigenvalue weighted by molar-refractivity contribution is 1.17. The van der Waals surface area contributed by atoms with Crippen LogP contribution in [-0.4, -0.2) is 9.13 Å². The standard InChI is InChI=1S/C43H25N3S/c44-26-29-12-9-18-34-35-22-23-40-41(43(35)47-42(29)34)36-17-3-6-21-39(36)46(40)31-14-8-11-28(25-31)27-10-7-13-30(24-27)45-37-19-4-1-15-32(37)33-16-2-5-20-38(33)45/h1-25H. The minimum atomic E-state index is 0.733. The molecule has 0 saturated carbocycles. The molecule has 0 spiro atoms. The van der Waals surface area contributed by atoms with Crippen molar-refractivity contribution < 1.29 is 0 Å². The van der Waals surface area contributed by atoms with E-state index in [0.29, 0.717) is 0 Å². The normalized spacial score (nSPS) is 11.8. The second-order valence-corrected chi connectivity index (χ2v) is 13.1. The largest absolute Gasteiger partial charge is 0.309 e. The van der Waals surface area contributed by atoms with Crippen molar-refractivity contribution in [2.24, 2.45) is 0 Å². The third kappa shape index (κ3) is 3.72. The summed E-state index contributed by atoms with van der Waals surface area (Å²) < 4.78 is 7.04. The topological polar surface area (TPSA) is 33.6 Å². The molecule has 0 amide bonds. The van der Waals surface area contributed by atoms with Crippen LogP contribution in [0.5, 0.6) is 0 Å². The van der Waals surface area contributed by atoms with Crippen LogP contribution in [0.15, 0.2) is 152 Å². The van der Waals surface area contributed by atoms with Crippen molar-refractivity contribution in [1.29, 1.82) is 5.26 Å². The maximum Gasteiger partial charge on any atom is 0.101 e. The smallest absolute Gasteiger partial charge is 0.101 e. The van der Waals surface area contributed by atoms with Crippen LogP contribution in [0.25, 0.3) is 86.3 Å². The molecule has 3 heterocycles. The van der Waals surface area contributed by atoms with Crippen molar-refractivity contribution in [3.8, 4) is 28.6 Å². The van der Waals surface area contributed by atoms with Crippen LogP contribution in [-0.2, 0) is 0 Å². The van der Waals surface area contributed by atoms with E-state index >= 15 is 0 Å². The number of thiophene rings is 1. The molecular weight excluding hydrogens is 591 g/mol. The number of para-hydroxylation sites is 3. The van der Waals surface area contributed by atoms with E-state index in [1.54, 1.807) is 11.3 Å². The van der Waals surface area contributed by atoms with E-state index in [0.717, 1.165) is 32.6 Å². The quantitative estimate of drug-likeness (QED) is 0.195. The number of hydrogen-bond donors (Lipinski definition) is 0. The lowest BCUT2D eigenvalue weighted by atomic mass is 10.0. The zero-order valence-corrected chi connectivity index (χ0v) is 26.0. The van der Waals surface area contributed by atoms with E-state index in [9.17, 15) is 5.26 Å². The lowest BCUT2D eigenvalue weighted by Crippen LogP contribution is -1.96. The van der Waals surface area contributed by atoms with E-state index in [-0.39, 0.29) is 0 Å². The fraction of sp³-hybridized carbons (Fsp3) is 0. The molecule has 7 aromatic carbocycles. The third-order valence-corrected chi connectivity index (χ3v) is 10.8. The molecule has 0 aliphatic rings. The number of nitriles is 1. The molecule has 10 rings (SSSR count). The van der Waals surface area contributed by atoms with Gasteiger partial charge in [0.15, 0.2) is 0 Å². The van der Waals surface area contributed by atoms with E-state index < -0.39 is 0 Å². The number of hydrogen-bond acceptors (Lipinski definition) is 2. The van der Waals surface area contributed by atoms with Crippen molar-refractivity contribution in [3.63, 3.8) is 0 Å². The van der Waals surface area contributed by atoms with Crippen molar-refractivity contribution in [2.45, 2.75) is 0 Å². The maximum atomic E-state index is 9.83. The fourth-order valence-corrected chi connectivity index (χ4v) is 8.84. The Hall–Kier alpha value is -6.15. The van der Waals surface area contributed by atoms with Gasteiger partial charge in [-0.25, -0.2) is 0 Å². The summed E-state index contributed by atoms with van der Waals surface area (Å²) in [5, 5.41) is 17.2. The van der Waals surface area contributed by atoms with E-state index in [1.807, 2.05) is 12.1 Å². The Morgan fingerprint density at radius 1 is 0.426 bits per heavy atom. The molecule has 10 aromatic rings. The molecule has 218 valence electrons. The minimum Gasteiger partial charge on any atom is -0.309 e. The highest BCUT2D eigenvalue weighted by Crippen LogP contribution is 2.44. The van der Waals surface area contributed by atoms with E-state index in [4.69, 9.17) is 0 Å². The molecule has 0 atom stereocenters. The number of aromatic nitrogens is 2. The fourth-order valence-electron chi connectivity index (χ4n) is 7.52. The average Bonchev–Trinajstić information content (AvgIpc) is 3.79. The number of nitrogens with zero attached hydrogens (tertiary/aromatic N) is 3. The van der Waals surface area contributed by atoms with Gasteiger partial charge in [-0.1, -0.05) is 97.1 Å². The number of fused-ring (bicyclic) bond motifs is 10. The van der Waals surface area contributed by atoms with Crippen LogP contribution in [0, 0.1) is 11.3 Å². The zero-order valence-electron chi connectivity index (χ0n) is 25.2. The van der Waals surface area contributed by atoms with Crippen LogP contribution in [0.2, 0.25) is 0 Å². The molecule has 0 bridgehead atoms. The van der Waals surface area contributed by atoms with Crippen LogP contribution in [0.1, 0.15) is 5.56 Å². The molecule has 0 radical (unpaired) electrons. The summed E-state index contributed by atoms with van der Waals surface area (Å²) in [6.45, 7) is 0. The molecule has 3 nitrogen and oxygen atoms in total. The van der Waals surface area contributed by atoms with Crippen molar-refractivity contribution in [2.75, 3.05) is 0 Å². The first-order valence-corrected chi connectivity index (χ1v) is 16.6. The molecule has 0 saturated heterocycles. The molecule has 47 heavy (non-hydrogen) atoms. The molecule has 3 aromatic heterocycles. The van der Waals surface area contributed by atoms with Gasteiger partial charge in [0.05, 0.1) is 32.3 Å². The number of rotatable bonds is 3. The molecule has 4 heteroatoms. The Morgan fingerprint density at radius 3 is 1.57 bits per heavy atom. The Kier molecular flexibility index (Phi) is 5.51. The average molecular weight is 616 g/mol. The highest BCUT2D eigenvalue weighted by molar-refractivity contribution is 7.27. The first kappa shape index (κ1) is 26.1. The van der Waals surface area contributed by atoms with Crippen LogP contribution >= 0.6 is 11.3 Å². The highest BCUT2D eigenvalue weighted by Gasteiger charge is 2.19. The van der Waals surface area contributed by atoms with Crippen molar-refractivity contribution in [3.05, 3.63) is 157 Å². The van der Waals surface area contributed by atoms with Gasteiger partial charge in [-0.05, 0) is 65.7 Å². The molecule has 0 aliphatic heterocycles. The molecule has 0 aliphatic carbocycles. The Bertz CT molecular complexity index is 2880. The van der Waals surface area contributed by atoms with Gasteiger partial charge in [0.1, 0.15) is 6.07 Å². The summed E-state index contributed by atoms with van der Waals surface area (Å²) in [5.74, 6) is 0. The minimum absolute atomic E-state index is 0.733. The lowest BCUT2D eigenvalue weighted by Gasteiger charge is -2.12. The predicted molar refractivity (Wildman–Crippen MR) is 198 cm³/mol. The summed E-state index contributed by atoms with van der Waals surface area (Å²) >= 11 is 1.73. The van der Waals surface area contributed by atoms with Gasteiger partial charge in [0, 0.05) is 48.4 Å². The van der Waals surface area contributed by atoms with E-state index in [1.165, 1.54) is 59.3 Å². The molecule has 0 N–H and O–H groups in total. The van der Waals surface area contributed by atoms with Crippen LogP contribution in [0.3, 0.4) is 0 Å². The van der Waals surface area contributed by atoms with Gasteiger partial charge < -0.3 is 9.13 Å². The Labute approximate surface area is 274 Å². The van der Waals surface area contributed by atoms with Gasteiger partial charge in [-0.2, -0.15) is 5.26 Å². The van der Waals surface area contributed by atoms with E-state index in [2.05, 4.69) is 155 Å². The van der Waals surface area contributed by atoms with Gasteiger partial charge in [0.25, 0.3) is 0 Å². The van der Waals surface area contributed by atoms with Crippen LogP contribution < -0.4 is 0 Å². The van der Waals surface area contributed by atoms with Crippen LogP contribution in [0.4, 0.5) is 0 Å². The van der Waals surface area contributed by atoms with Gasteiger partial charge >= 0.3 is 0 Å². The summed E-state index contributed by atoms with van der Waals surface area (Å²) in [7, 11) is 0. The summed E-state index contributed by atoms with van der Waals surface area (Å²) in [6.07, 6.45) is 0. The maximum absolute atomic E-state index is 9.83. The zero-order chi connectivity index (χ0) is 31.1. The highest BCUT2D eigenvalue weighted by atomic mass is 32.1. The SMILES string of the molecule is N#Cc1cccc2c1sc1c2ccc2c1c1ccccc1n2-c1cccc(-c2cccc(-n3c4ccccc4c4ccccc43)c2)c1. The second kappa shape index (κ2) is 9.92. The second-order valence-electron chi connectivity index (χ2n) is 12.1. The molecular formula is C43H25N3S.